The SMILES string of the molecule is CCN(CCO)CCOCC(F)(F)F. The van der Waals surface area contributed by atoms with Gasteiger partial charge in [0.05, 0.1) is 13.2 Å². The molecule has 0 aromatic rings. The van der Waals surface area contributed by atoms with Crippen molar-refractivity contribution in [2.75, 3.05) is 39.5 Å². The molecule has 0 radical (unpaired) electrons. The Kier molecular flexibility index (Phi) is 6.86. The van der Waals surface area contributed by atoms with Crippen molar-refractivity contribution in [3.63, 3.8) is 0 Å². The summed E-state index contributed by atoms with van der Waals surface area (Å²) in [6.07, 6.45) is -4.26. The highest BCUT2D eigenvalue weighted by Gasteiger charge is 2.27. The lowest BCUT2D eigenvalue weighted by molar-refractivity contribution is -0.174. The molecule has 14 heavy (non-hydrogen) atoms. The number of alkyl halides is 3. The monoisotopic (exact) mass is 215 g/mol. The van der Waals surface area contributed by atoms with Crippen molar-refractivity contribution in [3.05, 3.63) is 0 Å². The third kappa shape index (κ3) is 8.28. The van der Waals surface area contributed by atoms with Crippen LogP contribution in [0.25, 0.3) is 0 Å². The normalized spacial score (nSPS) is 12.4. The second-order valence-corrected chi connectivity index (χ2v) is 2.83. The van der Waals surface area contributed by atoms with Crippen molar-refractivity contribution in [1.82, 2.24) is 4.90 Å². The maximum Gasteiger partial charge on any atom is 0.411 e. The van der Waals surface area contributed by atoms with E-state index in [2.05, 4.69) is 4.74 Å². The minimum absolute atomic E-state index is 0.00705. The summed E-state index contributed by atoms with van der Waals surface area (Å²) in [7, 11) is 0. The van der Waals surface area contributed by atoms with Gasteiger partial charge in [0.15, 0.2) is 0 Å². The number of aliphatic hydroxyl groups excluding tert-OH is 1. The van der Waals surface area contributed by atoms with Gasteiger partial charge in [-0.15, -0.1) is 0 Å². The Labute approximate surface area is 81.5 Å². The molecule has 0 amide bonds. The highest BCUT2D eigenvalue weighted by molar-refractivity contribution is 4.54. The molecule has 0 unspecified atom stereocenters. The highest BCUT2D eigenvalue weighted by atomic mass is 19.4. The lowest BCUT2D eigenvalue weighted by Crippen LogP contribution is -2.31. The Morgan fingerprint density at radius 1 is 1.29 bits per heavy atom. The summed E-state index contributed by atoms with van der Waals surface area (Å²) in [6.45, 7) is 2.28. The second kappa shape index (κ2) is 7.03. The molecule has 1 N–H and O–H groups in total. The molecule has 0 aliphatic heterocycles. The molecule has 0 saturated carbocycles. The van der Waals surface area contributed by atoms with E-state index in [1.807, 2.05) is 11.8 Å². The Morgan fingerprint density at radius 2 is 1.93 bits per heavy atom. The van der Waals surface area contributed by atoms with Crippen LogP contribution in [0.5, 0.6) is 0 Å². The second-order valence-electron chi connectivity index (χ2n) is 2.83. The molecule has 6 heteroatoms. The summed E-state index contributed by atoms with van der Waals surface area (Å²) in [5.74, 6) is 0. The summed E-state index contributed by atoms with van der Waals surface area (Å²) < 4.78 is 39.3. The Bertz CT molecular complexity index is 141. The number of hydrogen-bond acceptors (Lipinski definition) is 3. The molecule has 0 aliphatic carbocycles. The minimum Gasteiger partial charge on any atom is -0.395 e. The first-order chi connectivity index (χ1) is 6.49. The highest BCUT2D eigenvalue weighted by Crippen LogP contribution is 2.14. The van der Waals surface area contributed by atoms with Crippen molar-refractivity contribution < 1.29 is 23.0 Å². The molecule has 0 atom stereocenters. The molecule has 86 valence electrons. The molecule has 0 aromatic carbocycles. The van der Waals surface area contributed by atoms with E-state index in [-0.39, 0.29) is 13.2 Å². The fraction of sp³-hybridized carbons (Fsp3) is 1.00. The van der Waals surface area contributed by atoms with Gasteiger partial charge in [-0.25, -0.2) is 0 Å². The van der Waals surface area contributed by atoms with Gasteiger partial charge in [0, 0.05) is 13.1 Å². The number of rotatable bonds is 7. The summed E-state index contributed by atoms with van der Waals surface area (Å²) in [5.41, 5.74) is 0. The maximum absolute atomic E-state index is 11.6. The average molecular weight is 215 g/mol. The quantitative estimate of drug-likeness (QED) is 0.640. The Morgan fingerprint density at radius 3 is 2.36 bits per heavy atom. The summed E-state index contributed by atoms with van der Waals surface area (Å²) >= 11 is 0. The Hall–Kier alpha value is -0.330. The van der Waals surface area contributed by atoms with E-state index in [0.717, 1.165) is 0 Å². The van der Waals surface area contributed by atoms with Crippen LogP contribution in [-0.4, -0.2) is 55.6 Å². The van der Waals surface area contributed by atoms with Crippen molar-refractivity contribution in [3.8, 4) is 0 Å². The van der Waals surface area contributed by atoms with Crippen LogP contribution in [-0.2, 0) is 4.74 Å². The molecule has 0 aromatic heterocycles. The molecule has 3 nitrogen and oxygen atoms in total. The van der Waals surface area contributed by atoms with Crippen LogP contribution in [0.3, 0.4) is 0 Å². The molecular weight excluding hydrogens is 199 g/mol. The minimum atomic E-state index is -4.26. The lowest BCUT2D eigenvalue weighted by Gasteiger charge is -2.18. The predicted octanol–water partition coefficient (Wildman–Crippen LogP) is 0.879. The molecule has 0 rings (SSSR count). The van der Waals surface area contributed by atoms with Crippen LogP contribution in [0, 0.1) is 0 Å². The third-order valence-corrected chi connectivity index (χ3v) is 1.68. The summed E-state index contributed by atoms with van der Waals surface area (Å²) in [4.78, 5) is 1.82. The zero-order valence-corrected chi connectivity index (χ0v) is 8.18. The fourth-order valence-electron chi connectivity index (χ4n) is 0.951. The van der Waals surface area contributed by atoms with Gasteiger partial charge >= 0.3 is 6.18 Å². The van der Waals surface area contributed by atoms with Crippen molar-refractivity contribution in [2.24, 2.45) is 0 Å². The van der Waals surface area contributed by atoms with Gasteiger partial charge in [0.1, 0.15) is 6.61 Å². The molecule has 0 fully saturated rings. The number of aliphatic hydroxyl groups is 1. The first-order valence-corrected chi connectivity index (χ1v) is 4.47. The average Bonchev–Trinajstić information content (AvgIpc) is 2.08. The van der Waals surface area contributed by atoms with E-state index in [0.29, 0.717) is 19.6 Å². The van der Waals surface area contributed by atoms with Gasteiger partial charge in [-0.05, 0) is 6.54 Å². The topological polar surface area (TPSA) is 32.7 Å². The van der Waals surface area contributed by atoms with E-state index in [1.54, 1.807) is 0 Å². The smallest absolute Gasteiger partial charge is 0.395 e. The number of ether oxygens (including phenoxy) is 1. The number of nitrogens with zero attached hydrogens (tertiary/aromatic N) is 1. The van der Waals surface area contributed by atoms with Crippen LogP contribution in [0.1, 0.15) is 6.92 Å². The molecular formula is C8H16F3NO2. The summed E-state index contributed by atoms with van der Waals surface area (Å²) in [6, 6.07) is 0. The maximum atomic E-state index is 11.6. The standard InChI is InChI=1S/C8H16F3NO2/c1-2-12(3-5-13)4-6-14-7-8(9,10)11/h13H,2-7H2,1H3. The van der Waals surface area contributed by atoms with Crippen molar-refractivity contribution in [2.45, 2.75) is 13.1 Å². The van der Waals surface area contributed by atoms with E-state index < -0.39 is 12.8 Å². The van der Waals surface area contributed by atoms with Gasteiger partial charge in [-0.3, -0.25) is 4.90 Å². The molecule has 0 saturated heterocycles. The van der Waals surface area contributed by atoms with Crippen LogP contribution < -0.4 is 0 Å². The fourth-order valence-corrected chi connectivity index (χ4v) is 0.951. The van der Waals surface area contributed by atoms with Crippen molar-refractivity contribution in [1.29, 1.82) is 0 Å². The van der Waals surface area contributed by atoms with E-state index in [1.165, 1.54) is 0 Å². The predicted molar refractivity (Wildman–Crippen MR) is 46.1 cm³/mol. The first-order valence-electron chi connectivity index (χ1n) is 4.47. The zero-order valence-electron chi connectivity index (χ0n) is 8.18. The van der Waals surface area contributed by atoms with Gasteiger partial charge in [0.25, 0.3) is 0 Å². The van der Waals surface area contributed by atoms with Crippen LogP contribution >= 0.6 is 0 Å². The van der Waals surface area contributed by atoms with Gasteiger partial charge < -0.3 is 9.84 Å². The van der Waals surface area contributed by atoms with Gasteiger partial charge in [0.2, 0.25) is 0 Å². The van der Waals surface area contributed by atoms with E-state index >= 15 is 0 Å². The van der Waals surface area contributed by atoms with Crippen LogP contribution in [0.2, 0.25) is 0 Å². The zero-order chi connectivity index (χ0) is 11.0. The van der Waals surface area contributed by atoms with Crippen molar-refractivity contribution >= 4 is 0 Å². The van der Waals surface area contributed by atoms with Gasteiger partial charge in [-0.2, -0.15) is 13.2 Å². The third-order valence-electron chi connectivity index (χ3n) is 1.68. The first kappa shape index (κ1) is 13.7. The molecule has 0 aliphatic rings. The molecule has 0 bridgehead atoms. The lowest BCUT2D eigenvalue weighted by atomic mass is 10.5. The molecule has 0 heterocycles. The number of halogens is 3. The Balaban J connectivity index is 3.42. The van der Waals surface area contributed by atoms with E-state index in [4.69, 9.17) is 5.11 Å². The van der Waals surface area contributed by atoms with E-state index in [9.17, 15) is 13.2 Å². The number of likely N-dealkylation sites (N-methyl/N-ethyl adjacent to an activating group) is 1. The van der Waals surface area contributed by atoms with Crippen LogP contribution in [0.15, 0.2) is 0 Å². The van der Waals surface area contributed by atoms with Crippen LogP contribution in [0.4, 0.5) is 13.2 Å². The van der Waals surface area contributed by atoms with Gasteiger partial charge in [-0.1, -0.05) is 6.92 Å². The largest absolute Gasteiger partial charge is 0.411 e. The number of hydrogen-bond donors (Lipinski definition) is 1. The molecule has 0 spiro atoms. The summed E-state index contributed by atoms with van der Waals surface area (Å²) in [5, 5.41) is 8.59.